The predicted molar refractivity (Wildman–Crippen MR) is 89.7 cm³/mol. The Kier molecular flexibility index (Phi) is 6.85. The van der Waals surface area contributed by atoms with E-state index in [1.54, 1.807) is 0 Å². The van der Waals surface area contributed by atoms with Crippen LogP contribution < -0.4 is 0 Å². The third-order valence-electron chi connectivity index (χ3n) is 3.94. The van der Waals surface area contributed by atoms with Gasteiger partial charge in [0.05, 0.1) is 6.61 Å². The van der Waals surface area contributed by atoms with Gasteiger partial charge in [-0.1, -0.05) is 61.0 Å². The highest BCUT2D eigenvalue weighted by Crippen LogP contribution is 2.13. The van der Waals surface area contributed by atoms with Gasteiger partial charge in [0.2, 0.25) is 0 Å². The summed E-state index contributed by atoms with van der Waals surface area (Å²) in [5.74, 6) is 0.264. The Morgan fingerprint density at radius 1 is 0.818 bits per heavy atom. The Morgan fingerprint density at radius 2 is 1.50 bits per heavy atom. The lowest BCUT2D eigenvalue weighted by molar-refractivity contribution is -0.118. The first-order chi connectivity index (χ1) is 10.8. The highest BCUT2D eigenvalue weighted by atomic mass is 16.3. The average Bonchev–Trinajstić information content (AvgIpc) is 2.56. The van der Waals surface area contributed by atoms with Gasteiger partial charge in [0.25, 0.3) is 0 Å². The Hall–Kier alpha value is -1.93. The number of Topliss-reactive ketones (excluding diaryl/α,β-unsaturated/α-hetero) is 1. The van der Waals surface area contributed by atoms with Crippen molar-refractivity contribution in [3.8, 4) is 0 Å². The van der Waals surface area contributed by atoms with Crippen LogP contribution in [0.5, 0.6) is 0 Å². The molecule has 2 aromatic carbocycles. The van der Waals surface area contributed by atoms with Gasteiger partial charge in [0.1, 0.15) is 5.78 Å². The van der Waals surface area contributed by atoms with E-state index in [-0.39, 0.29) is 12.4 Å². The van der Waals surface area contributed by atoms with Crippen LogP contribution in [0.15, 0.2) is 54.6 Å². The summed E-state index contributed by atoms with van der Waals surface area (Å²) in [6, 6.07) is 18.1. The summed E-state index contributed by atoms with van der Waals surface area (Å²) in [6.45, 7) is 0.000525. The van der Waals surface area contributed by atoms with E-state index < -0.39 is 0 Å². The zero-order valence-corrected chi connectivity index (χ0v) is 13.0. The topological polar surface area (TPSA) is 37.3 Å². The van der Waals surface area contributed by atoms with Crippen LogP contribution in [-0.4, -0.2) is 10.9 Å². The highest BCUT2D eigenvalue weighted by molar-refractivity contribution is 5.81. The van der Waals surface area contributed by atoms with Crippen LogP contribution in [0.25, 0.3) is 0 Å². The molecular weight excluding hydrogens is 272 g/mol. The van der Waals surface area contributed by atoms with Crippen molar-refractivity contribution in [2.24, 2.45) is 0 Å². The fraction of sp³-hybridized carbons (Fsp3) is 0.350. The molecule has 0 saturated heterocycles. The van der Waals surface area contributed by atoms with Gasteiger partial charge in [-0.05, 0) is 36.0 Å². The third kappa shape index (κ3) is 5.45. The molecule has 0 saturated carbocycles. The number of hydrogen-bond acceptors (Lipinski definition) is 2. The van der Waals surface area contributed by atoms with Gasteiger partial charge in [0, 0.05) is 12.8 Å². The van der Waals surface area contributed by atoms with Crippen molar-refractivity contribution in [2.45, 2.75) is 45.1 Å². The third-order valence-corrected chi connectivity index (χ3v) is 3.94. The normalized spacial score (nSPS) is 10.6. The fourth-order valence-electron chi connectivity index (χ4n) is 2.66. The first-order valence-corrected chi connectivity index (χ1v) is 8.03. The van der Waals surface area contributed by atoms with Crippen LogP contribution in [0.2, 0.25) is 0 Å². The van der Waals surface area contributed by atoms with E-state index in [0.717, 1.165) is 36.8 Å². The van der Waals surface area contributed by atoms with Crippen molar-refractivity contribution in [2.75, 3.05) is 0 Å². The molecule has 22 heavy (non-hydrogen) atoms. The molecule has 2 aromatic rings. The molecule has 0 unspecified atom stereocenters. The minimum Gasteiger partial charge on any atom is -0.392 e. The van der Waals surface area contributed by atoms with Gasteiger partial charge in [-0.3, -0.25) is 4.79 Å². The standard InChI is InChI=1S/C20H24O2/c21-16-19-13-8-7-12-18(19)15-20(22)14-6-2-5-11-17-9-3-1-4-10-17/h1,3-4,7-10,12-13,21H,2,5-6,11,14-16H2. The van der Waals surface area contributed by atoms with E-state index in [2.05, 4.69) is 24.3 Å². The van der Waals surface area contributed by atoms with Gasteiger partial charge < -0.3 is 5.11 Å². The minimum absolute atomic E-state index is 0.000525. The lowest BCUT2D eigenvalue weighted by Crippen LogP contribution is -2.05. The second kappa shape index (κ2) is 9.16. The molecule has 0 atom stereocenters. The van der Waals surface area contributed by atoms with E-state index in [1.165, 1.54) is 5.56 Å². The second-order valence-electron chi connectivity index (χ2n) is 5.69. The SMILES string of the molecule is O=C(CCCCCc1ccccc1)Cc1ccccc1CO. The van der Waals surface area contributed by atoms with Gasteiger partial charge in [-0.2, -0.15) is 0 Å². The van der Waals surface area contributed by atoms with Crippen molar-refractivity contribution in [3.05, 3.63) is 71.3 Å². The van der Waals surface area contributed by atoms with E-state index in [0.29, 0.717) is 12.8 Å². The maximum absolute atomic E-state index is 12.0. The molecule has 0 aromatic heterocycles. The summed E-state index contributed by atoms with van der Waals surface area (Å²) < 4.78 is 0. The Morgan fingerprint density at radius 3 is 2.23 bits per heavy atom. The molecule has 0 aliphatic heterocycles. The molecule has 0 aliphatic rings. The number of benzene rings is 2. The largest absolute Gasteiger partial charge is 0.392 e. The zero-order chi connectivity index (χ0) is 15.6. The number of rotatable bonds is 9. The van der Waals surface area contributed by atoms with Crippen molar-refractivity contribution in [1.82, 2.24) is 0 Å². The molecule has 0 fully saturated rings. The Balaban J connectivity index is 1.65. The van der Waals surface area contributed by atoms with Crippen LogP contribution in [0.1, 0.15) is 42.4 Å². The summed E-state index contributed by atoms with van der Waals surface area (Å²) in [7, 11) is 0. The molecule has 2 heteroatoms. The van der Waals surface area contributed by atoms with E-state index in [1.807, 2.05) is 30.3 Å². The lowest BCUT2D eigenvalue weighted by atomic mass is 9.99. The fourth-order valence-corrected chi connectivity index (χ4v) is 2.66. The molecule has 0 aliphatic carbocycles. The summed E-state index contributed by atoms with van der Waals surface area (Å²) in [5.41, 5.74) is 3.19. The summed E-state index contributed by atoms with van der Waals surface area (Å²) in [4.78, 5) is 12.0. The van der Waals surface area contributed by atoms with E-state index >= 15 is 0 Å². The van der Waals surface area contributed by atoms with Crippen LogP contribution >= 0.6 is 0 Å². The highest BCUT2D eigenvalue weighted by Gasteiger charge is 2.07. The smallest absolute Gasteiger partial charge is 0.137 e. The van der Waals surface area contributed by atoms with Gasteiger partial charge in [0.15, 0.2) is 0 Å². The molecule has 0 bridgehead atoms. The van der Waals surface area contributed by atoms with Crippen molar-refractivity contribution in [3.63, 3.8) is 0 Å². The summed E-state index contributed by atoms with van der Waals surface area (Å²) in [6.07, 6.45) is 5.33. The molecule has 0 radical (unpaired) electrons. The number of aryl methyl sites for hydroxylation is 1. The van der Waals surface area contributed by atoms with Gasteiger partial charge in [-0.15, -0.1) is 0 Å². The lowest BCUT2D eigenvalue weighted by Gasteiger charge is -2.06. The number of hydrogen-bond donors (Lipinski definition) is 1. The molecule has 1 N–H and O–H groups in total. The van der Waals surface area contributed by atoms with Crippen molar-refractivity contribution < 1.29 is 9.90 Å². The van der Waals surface area contributed by atoms with Crippen molar-refractivity contribution in [1.29, 1.82) is 0 Å². The van der Waals surface area contributed by atoms with Crippen LogP contribution in [0.4, 0.5) is 0 Å². The van der Waals surface area contributed by atoms with E-state index in [4.69, 9.17) is 0 Å². The number of carbonyl (C=O) groups is 1. The van der Waals surface area contributed by atoms with Crippen LogP contribution in [0, 0.1) is 0 Å². The predicted octanol–water partition coefficient (Wildman–Crippen LogP) is 4.09. The first kappa shape index (κ1) is 16.4. The Bertz CT molecular complexity index is 575. The molecule has 2 nitrogen and oxygen atoms in total. The molecule has 0 spiro atoms. The van der Waals surface area contributed by atoms with Crippen molar-refractivity contribution >= 4 is 5.78 Å². The number of ketones is 1. The number of aliphatic hydroxyl groups is 1. The number of aliphatic hydroxyl groups excluding tert-OH is 1. The molecule has 0 heterocycles. The van der Waals surface area contributed by atoms with Crippen LogP contribution in [-0.2, 0) is 24.2 Å². The second-order valence-corrected chi connectivity index (χ2v) is 5.69. The average molecular weight is 296 g/mol. The molecule has 0 amide bonds. The monoisotopic (exact) mass is 296 g/mol. The summed E-state index contributed by atoms with van der Waals surface area (Å²) >= 11 is 0. The minimum atomic E-state index is 0.000525. The number of unbranched alkanes of at least 4 members (excludes halogenated alkanes) is 2. The maximum Gasteiger partial charge on any atom is 0.137 e. The van der Waals surface area contributed by atoms with Crippen LogP contribution in [0.3, 0.4) is 0 Å². The quantitative estimate of drug-likeness (QED) is 0.708. The van der Waals surface area contributed by atoms with Gasteiger partial charge >= 0.3 is 0 Å². The summed E-state index contributed by atoms with van der Waals surface area (Å²) in [5, 5.41) is 9.27. The molecular formula is C20H24O2. The maximum atomic E-state index is 12.0. The number of carbonyl (C=O) groups excluding carboxylic acids is 1. The first-order valence-electron chi connectivity index (χ1n) is 8.03. The molecule has 2 rings (SSSR count). The zero-order valence-electron chi connectivity index (χ0n) is 13.0. The van der Waals surface area contributed by atoms with Gasteiger partial charge in [-0.25, -0.2) is 0 Å². The Labute approximate surface area is 132 Å². The van der Waals surface area contributed by atoms with E-state index in [9.17, 15) is 9.90 Å². The molecule has 116 valence electrons.